The van der Waals surface area contributed by atoms with Gasteiger partial charge >= 0.3 is 0 Å². The van der Waals surface area contributed by atoms with Gasteiger partial charge in [-0.3, -0.25) is 4.79 Å². The standard InChI is InChI=1S/C8H13N3O/c1-7(2)5-10-6-8(12)11-4-3-9/h10H,1,4-6H2,2H3,(H,11,12). The molecule has 0 radical (unpaired) electrons. The summed E-state index contributed by atoms with van der Waals surface area (Å²) in [5, 5.41) is 13.4. The van der Waals surface area contributed by atoms with Crippen LogP contribution in [0.1, 0.15) is 6.92 Å². The molecule has 4 nitrogen and oxygen atoms in total. The Hall–Kier alpha value is -1.34. The average Bonchev–Trinajstić information content (AvgIpc) is 2.00. The Morgan fingerprint density at radius 3 is 2.75 bits per heavy atom. The molecule has 66 valence electrons. The van der Waals surface area contributed by atoms with E-state index in [2.05, 4.69) is 17.2 Å². The number of carbonyl (C=O) groups excluding carboxylic acids is 1. The normalized spacial score (nSPS) is 8.67. The number of amides is 1. The molecule has 0 fully saturated rings. The highest BCUT2D eigenvalue weighted by Gasteiger charge is 1.97. The van der Waals surface area contributed by atoms with E-state index in [1.54, 1.807) is 0 Å². The maximum Gasteiger partial charge on any atom is 0.234 e. The zero-order valence-corrected chi connectivity index (χ0v) is 7.18. The summed E-state index contributed by atoms with van der Waals surface area (Å²) in [4.78, 5) is 10.8. The van der Waals surface area contributed by atoms with E-state index >= 15 is 0 Å². The monoisotopic (exact) mass is 167 g/mol. The molecule has 2 N–H and O–H groups in total. The molecule has 0 rings (SSSR count). The first-order valence-electron chi connectivity index (χ1n) is 3.65. The Kier molecular flexibility index (Phi) is 5.66. The fraction of sp³-hybridized carbons (Fsp3) is 0.500. The molecular weight excluding hydrogens is 154 g/mol. The van der Waals surface area contributed by atoms with Gasteiger partial charge in [0.05, 0.1) is 12.6 Å². The summed E-state index contributed by atoms with van der Waals surface area (Å²) in [6.45, 7) is 6.46. The summed E-state index contributed by atoms with van der Waals surface area (Å²) in [5.74, 6) is -0.169. The van der Waals surface area contributed by atoms with Crippen LogP contribution in [-0.4, -0.2) is 25.5 Å². The number of rotatable bonds is 5. The molecule has 0 spiro atoms. The molecule has 0 aliphatic heterocycles. The number of nitrogens with one attached hydrogen (secondary N) is 2. The first kappa shape index (κ1) is 10.7. The van der Waals surface area contributed by atoms with E-state index < -0.39 is 0 Å². The summed E-state index contributed by atoms with van der Waals surface area (Å²) in [7, 11) is 0. The Bertz CT molecular complexity index is 205. The second-order valence-corrected chi connectivity index (χ2v) is 2.50. The minimum Gasteiger partial charge on any atom is -0.342 e. The Morgan fingerprint density at radius 1 is 1.58 bits per heavy atom. The molecule has 0 aromatic rings. The van der Waals surface area contributed by atoms with Gasteiger partial charge in [0.15, 0.2) is 0 Å². The van der Waals surface area contributed by atoms with Gasteiger partial charge in [-0.15, -0.1) is 0 Å². The summed E-state index contributed by atoms with van der Waals surface area (Å²) >= 11 is 0. The molecule has 0 bridgehead atoms. The van der Waals surface area contributed by atoms with Gasteiger partial charge in [0.1, 0.15) is 6.54 Å². The lowest BCUT2D eigenvalue weighted by Crippen LogP contribution is -2.34. The molecular formula is C8H13N3O. The Labute approximate surface area is 72.3 Å². The van der Waals surface area contributed by atoms with Gasteiger partial charge in [0.2, 0.25) is 5.91 Å². The zero-order valence-electron chi connectivity index (χ0n) is 7.18. The summed E-state index contributed by atoms with van der Waals surface area (Å²) in [6, 6.07) is 1.82. The van der Waals surface area contributed by atoms with Crippen LogP contribution in [0.15, 0.2) is 12.2 Å². The van der Waals surface area contributed by atoms with E-state index in [1.807, 2.05) is 13.0 Å². The molecule has 0 aromatic heterocycles. The third-order valence-electron chi connectivity index (χ3n) is 1.08. The van der Waals surface area contributed by atoms with Crippen molar-refractivity contribution in [3.63, 3.8) is 0 Å². The number of nitriles is 1. The summed E-state index contributed by atoms with van der Waals surface area (Å²) < 4.78 is 0. The molecule has 1 amide bonds. The van der Waals surface area contributed by atoms with Crippen LogP contribution in [-0.2, 0) is 4.79 Å². The van der Waals surface area contributed by atoms with E-state index in [-0.39, 0.29) is 19.0 Å². The van der Waals surface area contributed by atoms with Crippen molar-refractivity contribution in [2.45, 2.75) is 6.92 Å². The van der Waals surface area contributed by atoms with Gasteiger partial charge in [0, 0.05) is 6.54 Å². The molecule has 0 saturated carbocycles. The lowest BCUT2D eigenvalue weighted by atomic mass is 10.3. The van der Waals surface area contributed by atoms with E-state index in [4.69, 9.17) is 5.26 Å². The van der Waals surface area contributed by atoms with Crippen LogP contribution in [0, 0.1) is 11.3 Å². The molecule has 0 aromatic carbocycles. The molecule has 0 unspecified atom stereocenters. The zero-order chi connectivity index (χ0) is 9.40. The van der Waals surface area contributed by atoms with E-state index in [1.165, 1.54) is 0 Å². The fourth-order valence-corrected chi connectivity index (χ4v) is 0.590. The van der Waals surface area contributed by atoms with Crippen LogP contribution in [0.2, 0.25) is 0 Å². The predicted octanol–water partition coefficient (Wildman–Crippen LogP) is -0.208. The van der Waals surface area contributed by atoms with Gasteiger partial charge in [-0.25, -0.2) is 0 Å². The highest BCUT2D eigenvalue weighted by Crippen LogP contribution is 1.79. The first-order chi connectivity index (χ1) is 5.66. The summed E-state index contributed by atoms with van der Waals surface area (Å²) in [5.41, 5.74) is 0.975. The summed E-state index contributed by atoms with van der Waals surface area (Å²) in [6.07, 6.45) is 0. The smallest absolute Gasteiger partial charge is 0.234 e. The van der Waals surface area contributed by atoms with Crippen LogP contribution in [0.5, 0.6) is 0 Å². The van der Waals surface area contributed by atoms with Crippen molar-refractivity contribution in [2.75, 3.05) is 19.6 Å². The van der Waals surface area contributed by atoms with Crippen LogP contribution < -0.4 is 10.6 Å². The lowest BCUT2D eigenvalue weighted by Gasteiger charge is -2.02. The number of hydrogen-bond acceptors (Lipinski definition) is 3. The third kappa shape index (κ3) is 6.78. The minimum atomic E-state index is -0.169. The van der Waals surface area contributed by atoms with Gasteiger partial charge in [0.25, 0.3) is 0 Å². The van der Waals surface area contributed by atoms with Gasteiger partial charge in [-0.05, 0) is 6.92 Å². The number of nitrogens with zero attached hydrogens (tertiary/aromatic N) is 1. The SMILES string of the molecule is C=C(C)CNCC(=O)NCC#N. The third-order valence-corrected chi connectivity index (χ3v) is 1.08. The molecule has 0 atom stereocenters. The first-order valence-corrected chi connectivity index (χ1v) is 3.65. The van der Waals surface area contributed by atoms with Gasteiger partial charge in [-0.1, -0.05) is 12.2 Å². The highest BCUT2D eigenvalue weighted by molar-refractivity contribution is 5.78. The Morgan fingerprint density at radius 2 is 2.25 bits per heavy atom. The maximum atomic E-state index is 10.8. The van der Waals surface area contributed by atoms with Crippen LogP contribution in [0.3, 0.4) is 0 Å². The van der Waals surface area contributed by atoms with Crippen LogP contribution in [0.4, 0.5) is 0 Å². The maximum absolute atomic E-state index is 10.8. The van der Waals surface area contributed by atoms with E-state index in [0.717, 1.165) is 5.57 Å². The molecule has 0 saturated heterocycles. The van der Waals surface area contributed by atoms with Crippen molar-refractivity contribution >= 4 is 5.91 Å². The molecule has 0 aliphatic rings. The quantitative estimate of drug-likeness (QED) is 0.440. The van der Waals surface area contributed by atoms with Crippen molar-refractivity contribution in [2.24, 2.45) is 0 Å². The topological polar surface area (TPSA) is 64.9 Å². The lowest BCUT2D eigenvalue weighted by molar-refractivity contribution is -0.119. The number of hydrogen-bond donors (Lipinski definition) is 2. The van der Waals surface area contributed by atoms with Crippen molar-refractivity contribution in [1.82, 2.24) is 10.6 Å². The molecule has 0 heterocycles. The second-order valence-electron chi connectivity index (χ2n) is 2.50. The van der Waals surface area contributed by atoms with Gasteiger partial charge < -0.3 is 10.6 Å². The average molecular weight is 167 g/mol. The fourth-order valence-electron chi connectivity index (χ4n) is 0.590. The largest absolute Gasteiger partial charge is 0.342 e. The van der Waals surface area contributed by atoms with Crippen molar-refractivity contribution in [3.05, 3.63) is 12.2 Å². The minimum absolute atomic E-state index is 0.0631. The van der Waals surface area contributed by atoms with E-state index in [9.17, 15) is 4.79 Å². The molecule has 12 heavy (non-hydrogen) atoms. The highest BCUT2D eigenvalue weighted by atomic mass is 16.1. The predicted molar refractivity (Wildman–Crippen MR) is 46.3 cm³/mol. The molecule has 0 aliphatic carbocycles. The van der Waals surface area contributed by atoms with Crippen LogP contribution >= 0.6 is 0 Å². The van der Waals surface area contributed by atoms with E-state index in [0.29, 0.717) is 6.54 Å². The molecule has 4 heteroatoms. The van der Waals surface area contributed by atoms with Crippen molar-refractivity contribution in [1.29, 1.82) is 5.26 Å². The Balaban J connectivity index is 3.33. The number of carbonyl (C=O) groups is 1. The van der Waals surface area contributed by atoms with Gasteiger partial charge in [-0.2, -0.15) is 5.26 Å². The van der Waals surface area contributed by atoms with Crippen molar-refractivity contribution in [3.8, 4) is 6.07 Å². The van der Waals surface area contributed by atoms with Crippen LogP contribution in [0.25, 0.3) is 0 Å². The van der Waals surface area contributed by atoms with Crippen molar-refractivity contribution < 1.29 is 4.79 Å². The second kappa shape index (κ2) is 6.38.